The van der Waals surface area contributed by atoms with Gasteiger partial charge in [0, 0.05) is 6.92 Å². The Morgan fingerprint density at radius 2 is 2.07 bits per heavy atom. The third kappa shape index (κ3) is 3.94. The fourth-order valence-corrected chi connectivity index (χ4v) is 1.06. The maximum absolute atomic E-state index is 10.6. The summed E-state index contributed by atoms with van der Waals surface area (Å²) >= 11 is 0. The second-order valence-electron chi connectivity index (χ2n) is 3.18. The van der Waals surface area contributed by atoms with Crippen LogP contribution in [-0.4, -0.2) is 18.6 Å². The van der Waals surface area contributed by atoms with E-state index in [9.17, 15) is 4.79 Å². The minimum Gasteiger partial charge on any atom is -0.489 e. The molecule has 1 aromatic rings. The van der Waals surface area contributed by atoms with Crippen molar-refractivity contribution in [3.8, 4) is 5.75 Å². The van der Waals surface area contributed by atoms with Crippen LogP contribution in [-0.2, 0) is 4.79 Å². The summed E-state index contributed by atoms with van der Waals surface area (Å²) in [5.74, 6) is 0.791. The van der Waals surface area contributed by atoms with E-state index in [2.05, 4.69) is 5.32 Å². The summed E-state index contributed by atoms with van der Waals surface area (Å²) in [5, 5.41) is 2.70. The molecular weight excluding hydrogens is 178 g/mol. The maximum Gasteiger partial charge on any atom is 0.217 e. The highest BCUT2D eigenvalue weighted by Crippen LogP contribution is 2.10. The number of amides is 1. The quantitative estimate of drug-likeness (QED) is 0.788. The topological polar surface area (TPSA) is 38.3 Å². The summed E-state index contributed by atoms with van der Waals surface area (Å²) in [4.78, 5) is 10.6. The van der Waals surface area contributed by atoms with Gasteiger partial charge in [-0.3, -0.25) is 4.79 Å². The lowest BCUT2D eigenvalue weighted by molar-refractivity contribution is -0.119. The van der Waals surface area contributed by atoms with E-state index in [0.29, 0.717) is 6.54 Å². The molecule has 0 aliphatic heterocycles. The maximum atomic E-state index is 10.6. The highest BCUT2D eigenvalue weighted by atomic mass is 16.5. The van der Waals surface area contributed by atoms with E-state index >= 15 is 0 Å². The monoisotopic (exact) mass is 193 g/mol. The summed E-state index contributed by atoms with van der Waals surface area (Å²) in [6.07, 6.45) is -0.0127. The van der Waals surface area contributed by atoms with Crippen molar-refractivity contribution in [1.29, 1.82) is 0 Å². The largest absolute Gasteiger partial charge is 0.489 e. The van der Waals surface area contributed by atoms with Crippen molar-refractivity contribution in [3.05, 3.63) is 30.3 Å². The van der Waals surface area contributed by atoms with Crippen molar-refractivity contribution in [2.75, 3.05) is 6.54 Å². The number of carbonyl (C=O) groups excluding carboxylic acids is 1. The van der Waals surface area contributed by atoms with Crippen LogP contribution in [0.15, 0.2) is 30.3 Å². The first-order valence-corrected chi connectivity index (χ1v) is 4.64. The highest BCUT2D eigenvalue weighted by Gasteiger charge is 2.03. The number of rotatable bonds is 4. The summed E-state index contributed by atoms with van der Waals surface area (Å²) in [6, 6.07) is 9.56. The van der Waals surface area contributed by atoms with Gasteiger partial charge in [0.15, 0.2) is 0 Å². The fraction of sp³-hybridized carbons (Fsp3) is 0.364. The van der Waals surface area contributed by atoms with Crippen LogP contribution in [0.25, 0.3) is 0 Å². The van der Waals surface area contributed by atoms with Crippen LogP contribution in [0.2, 0.25) is 0 Å². The van der Waals surface area contributed by atoms with E-state index in [1.54, 1.807) is 0 Å². The molecule has 1 N–H and O–H groups in total. The van der Waals surface area contributed by atoms with Gasteiger partial charge in [-0.25, -0.2) is 0 Å². The second-order valence-corrected chi connectivity index (χ2v) is 3.18. The first-order chi connectivity index (χ1) is 6.68. The molecule has 1 amide bonds. The molecule has 0 spiro atoms. The van der Waals surface area contributed by atoms with E-state index in [4.69, 9.17) is 4.74 Å². The number of carbonyl (C=O) groups is 1. The Hall–Kier alpha value is -1.51. The molecule has 0 saturated carbocycles. The Bertz CT molecular complexity index is 285. The SMILES string of the molecule is CC(=O)NCC(C)Oc1ccccc1. The minimum absolute atomic E-state index is 0.0127. The molecule has 1 rings (SSSR count). The van der Waals surface area contributed by atoms with Crippen LogP contribution in [0, 0.1) is 0 Å². The van der Waals surface area contributed by atoms with Gasteiger partial charge in [-0.15, -0.1) is 0 Å². The number of para-hydroxylation sites is 1. The summed E-state index contributed by atoms with van der Waals surface area (Å²) in [7, 11) is 0. The molecule has 1 unspecified atom stereocenters. The molecule has 1 atom stereocenters. The normalized spacial score (nSPS) is 11.9. The molecule has 14 heavy (non-hydrogen) atoms. The van der Waals surface area contributed by atoms with E-state index in [1.807, 2.05) is 37.3 Å². The van der Waals surface area contributed by atoms with Crippen molar-refractivity contribution < 1.29 is 9.53 Å². The first-order valence-electron chi connectivity index (χ1n) is 4.64. The highest BCUT2D eigenvalue weighted by molar-refractivity contribution is 5.72. The van der Waals surface area contributed by atoms with E-state index in [1.165, 1.54) is 6.92 Å². The molecule has 3 nitrogen and oxygen atoms in total. The van der Waals surface area contributed by atoms with Gasteiger partial charge in [0.2, 0.25) is 5.91 Å². The van der Waals surface area contributed by atoms with Gasteiger partial charge in [-0.05, 0) is 19.1 Å². The zero-order chi connectivity index (χ0) is 10.4. The molecule has 0 aliphatic rings. The van der Waals surface area contributed by atoms with E-state index in [-0.39, 0.29) is 12.0 Å². The Labute approximate surface area is 84.1 Å². The standard InChI is InChI=1S/C11H15NO2/c1-9(8-12-10(2)13)14-11-6-4-3-5-7-11/h3-7,9H,8H2,1-2H3,(H,12,13). The number of hydrogen-bond acceptors (Lipinski definition) is 2. The molecule has 3 heteroatoms. The van der Waals surface area contributed by atoms with Crippen LogP contribution in [0.5, 0.6) is 5.75 Å². The van der Waals surface area contributed by atoms with Crippen molar-refractivity contribution in [3.63, 3.8) is 0 Å². The zero-order valence-corrected chi connectivity index (χ0v) is 8.49. The van der Waals surface area contributed by atoms with Crippen molar-refractivity contribution >= 4 is 5.91 Å². The molecule has 0 fully saturated rings. The summed E-state index contributed by atoms with van der Waals surface area (Å²) in [5.41, 5.74) is 0. The van der Waals surface area contributed by atoms with Gasteiger partial charge in [0.1, 0.15) is 11.9 Å². The summed E-state index contributed by atoms with van der Waals surface area (Å²) < 4.78 is 5.55. The first kappa shape index (κ1) is 10.6. The molecule has 0 bridgehead atoms. The van der Waals surface area contributed by atoms with Crippen LogP contribution >= 0.6 is 0 Å². The number of hydrogen-bond donors (Lipinski definition) is 1. The molecular formula is C11H15NO2. The Morgan fingerprint density at radius 1 is 1.43 bits per heavy atom. The zero-order valence-electron chi connectivity index (χ0n) is 8.49. The Kier molecular flexibility index (Phi) is 3.98. The van der Waals surface area contributed by atoms with Gasteiger partial charge >= 0.3 is 0 Å². The van der Waals surface area contributed by atoms with Gasteiger partial charge in [-0.1, -0.05) is 18.2 Å². The van der Waals surface area contributed by atoms with Crippen LogP contribution in [0.4, 0.5) is 0 Å². The Morgan fingerprint density at radius 3 is 2.64 bits per heavy atom. The smallest absolute Gasteiger partial charge is 0.217 e. The Balaban J connectivity index is 2.34. The second kappa shape index (κ2) is 5.27. The van der Waals surface area contributed by atoms with Gasteiger partial charge in [-0.2, -0.15) is 0 Å². The summed E-state index contributed by atoms with van der Waals surface area (Å²) in [6.45, 7) is 3.95. The van der Waals surface area contributed by atoms with Crippen molar-refractivity contribution in [1.82, 2.24) is 5.32 Å². The third-order valence-corrected chi connectivity index (χ3v) is 1.72. The van der Waals surface area contributed by atoms with Gasteiger partial charge in [0.05, 0.1) is 6.54 Å². The molecule has 0 aliphatic carbocycles. The number of nitrogens with one attached hydrogen (secondary N) is 1. The molecule has 0 radical (unpaired) electrons. The van der Waals surface area contributed by atoms with Gasteiger partial charge < -0.3 is 10.1 Å². The molecule has 1 aromatic carbocycles. The fourth-order valence-electron chi connectivity index (χ4n) is 1.06. The van der Waals surface area contributed by atoms with Crippen LogP contribution in [0.1, 0.15) is 13.8 Å². The van der Waals surface area contributed by atoms with E-state index in [0.717, 1.165) is 5.75 Å². The predicted molar refractivity (Wildman–Crippen MR) is 55.2 cm³/mol. The van der Waals surface area contributed by atoms with Crippen LogP contribution in [0.3, 0.4) is 0 Å². The van der Waals surface area contributed by atoms with Crippen LogP contribution < -0.4 is 10.1 Å². The number of benzene rings is 1. The van der Waals surface area contributed by atoms with Gasteiger partial charge in [0.25, 0.3) is 0 Å². The van der Waals surface area contributed by atoms with E-state index < -0.39 is 0 Å². The average molecular weight is 193 g/mol. The lowest BCUT2D eigenvalue weighted by Gasteiger charge is -2.14. The number of ether oxygens (including phenoxy) is 1. The molecule has 76 valence electrons. The third-order valence-electron chi connectivity index (χ3n) is 1.72. The molecule has 0 heterocycles. The lowest BCUT2D eigenvalue weighted by atomic mass is 10.3. The lowest BCUT2D eigenvalue weighted by Crippen LogP contribution is -2.31. The molecule has 0 saturated heterocycles. The average Bonchev–Trinajstić information content (AvgIpc) is 2.16. The minimum atomic E-state index is -0.0338. The van der Waals surface area contributed by atoms with Crippen molar-refractivity contribution in [2.45, 2.75) is 20.0 Å². The predicted octanol–water partition coefficient (Wildman–Crippen LogP) is 1.59. The van der Waals surface area contributed by atoms with Crippen molar-refractivity contribution in [2.24, 2.45) is 0 Å². The molecule has 0 aromatic heterocycles.